The van der Waals surface area contributed by atoms with Gasteiger partial charge in [-0.15, -0.1) is 0 Å². The molecule has 1 fully saturated rings. The monoisotopic (exact) mass is 546 g/mol. The molecule has 4 nitrogen and oxygen atoms in total. The Hall–Kier alpha value is -2.50. The molecule has 2 N–H and O–H groups in total. The van der Waals surface area contributed by atoms with Crippen LogP contribution in [0.5, 0.6) is 0 Å². The maximum absolute atomic E-state index is 13.2. The van der Waals surface area contributed by atoms with Crippen LogP contribution >= 0.6 is 15.9 Å². The number of halogens is 1. The number of carbonyl (C=O) groups is 1. The zero-order valence-corrected chi connectivity index (χ0v) is 22.8. The molecule has 5 heteroatoms. The first-order valence-electron chi connectivity index (χ1n) is 13.2. The van der Waals surface area contributed by atoms with Crippen LogP contribution in [0.15, 0.2) is 65.3 Å². The third-order valence-electron chi connectivity index (χ3n) is 8.67. The van der Waals surface area contributed by atoms with Crippen molar-refractivity contribution in [1.29, 1.82) is 0 Å². The molecule has 1 amide bonds. The fourth-order valence-electron chi connectivity index (χ4n) is 6.58. The van der Waals surface area contributed by atoms with Gasteiger partial charge >= 0.3 is 0 Å². The number of rotatable bonds is 5. The van der Waals surface area contributed by atoms with Crippen LogP contribution in [0.25, 0.3) is 0 Å². The first-order valence-corrected chi connectivity index (χ1v) is 14.0. The lowest BCUT2D eigenvalue weighted by molar-refractivity contribution is -0.0497. The highest BCUT2D eigenvalue weighted by atomic mass is 79.9. The normalized spacial score (nSPS) is 25.4. The molecule has 0 spiro atoms. The number of pyridine rings is 1. The van der Waals surface area contributed by atoms with Gasteiger partial charge in [0.25, 0.3) is 5.91 Å². The van der Waals surface area contributed by atoms with E-state index >= 15 is 0 Å². The van der Waals surface area contributed by atoms with Gasteiger partial charge in [-0.1, -0.05) is 43.3 Å². The summed E-state index contributed by atoms with van der Waals surface area (Å²) in [5.74, 6) is 0.320. The van der Waals surface area contributed by atoms with Gasteiger partial charge in [-0.2, -0.15) is 0 Å². The van der Waals surface area contributed by atoms with E-state index in [4.69, 9.17) is 0 Å². The molecule has 2 aliphatic carbocycles. The SMILES string of the molecule is CCC1(O)CCC2(Cc3ccccc3)c3ccc(C(=O)Nc4ccc(Br)nc4C)cc3CCCC2C1. The van der Waals surface area contributed by atoms with Crippen LogP contribution < -0.4 is 5.32 Å². The summed E-state index contributed by atoms with van der Waals surface area (Å²) in [5.41, 5.74) is 5.62. The Balaban J connectivity index is 1.51. The van der Waals surface area contributed by atoms with E-state index in [0.717, 1.165) is 67.4 Å². The number of nitrogens with zero attached hydrogens (tertiary/aromatic N) is 1. The smallest absolute Gasteiger partial charge is 0.255 e. The average molecular weight is 548 g/mol. The molecule has 1 heterocycles. The number of hydrogen-bond acceptors (Lipinski definition) is 3. The third-order valence-corrected chi connectivity index (χ3v) is 9.11. The van der Waals surface area contributed by atoms with Gasteiger partial charge < -0.3 is 10.4 Å². The predicted molar refractivity (Wildman–Crippen MR) is 148 cm³/mol. The van der Waals surface area contributed by atoms with Crippen LogP contribution in [0.2, 0.25) is 0 Å². The molecule has 2 aromatic carbocycles. The molecule has 188 valence electrons. The minimum Gasteiger partial charge on any atom is -0.390 e. The number of aliphatic hydroxyl groups is 1. The number of hydrogen-bond donors (Lipinski definition) is 2. The lowest BCUT2D eigenvalue weighted by Gasteiger charge is -2.50. The molecule has 3 unspecified atom stereocenters. The van der Waals surface area contributed by atoms with Crippen molar-refractivity contribution in [3.63, 3.8) is 0 Å². The number of carbonyl (C=O) groups excluding carboxylic acids is 1. The second-order valence-electron chi connectivity index (χ2n) is 10.8. The zero-order valence-electron chi connectivity index (χ0n) is 21.2. The molecule has 0 aliphatic heterocycles. The van der Waals surface area contributed by atoms with Crippen LogP contribution in [0, 0.1) is 12.8 Å². The highest BCUT2D eigenvalue weighted by Crippen LogP contribution is 2.54. The molecule has 1 saturated carbocycles. The number of aromatic nitrogens is 1. The summed E-state index contributed by atoms with van der Waals surface area (Å²) in [6.07, 6.45) is 7.58. The van der Waals surface area contributed by atoms with E-state index in [9.17, 15) is 9.90 Å². The van der Waals surface area contributed by atoms with Gasteiger partial charge in [-0.3, -0.25) is 4.79 Å². The largest absolute Gasteiger partial charge is 0.390 e. The van der Waals surface area contributed by atoms with Crippen molar-refractivity contribution in [3.8, 4) is 0 Å². The Morgan fingerprint density at radius 2 is 1.94 bits per heavy atom. The fraction of sp³-hybridized carbons (Fsp3) is 0.419. The summed E-state index contributed by atoms with van der Waals surface area (Å²) in [6, 6.07) is 20.8. The maximum atomic E-state index is 13.2. The summed E-state index contributed by atoms with van der Waals surface area (Å²) in [6.45, 7) is 4.01. The Morgan fingerprint density at radius 3 is 2.69 bits per heavy atom. The van der Waals surface area contributed by atoms with Crippen molar-refractivity contribution in [2.75, 3.05) is 5.32 Å². The number of anilines is 1. The van der Waals surface area contributed by atoms with Crippen LogP contribution in [-0.2, 0) is 18.3 Å². The molecule has 2 aliphatic rings. The van der Waals surface area contributed by atoms with Crippen molar-refractivity contribution in [1.82, 2.24) is 4.98 Å². The van der Waals surface area contributed by atoms with E-state index in [2.05, 4.69) is 75.6 Å². The van der Waals surface area contributed by atoms with E-state index < -0.39 is 5.60 Å². The maximum Gasteiger partial charge on any atom is 0.255 e. The Bertz CT molecular complexity index is 1260. The number of fused-ring (bicyclic) bond motifs is 3. The van der Waals surface area contributed by atoms with Crippen LogP contribution in [0.1, 0.15) is 78.2 Å². The van der Waals surface area contributed by atoms with Crippen LogP contribution in [0.3, 0.4) is 0 Å². The average Bonchev–Trinajstić information content (AvgIpc) is 3.02. The summed E-state index contributed by atoms with van der Waals surface area (Å²) >= 11 is 3.38. The zero-order chi connectivity index (χ0) is 25.3. The van der Waals surface area contributed by atoms with Gasteiger partial charge in [-0.25, -0.2) is 4.98 Å². The minimum absolute atomic E-state index is 0.0180. The van der Waals surface area contributed by atoms with Crippen molar-refractivity contribution in [2.45, 2.75) is 76.2 Å². The van der Waals surface area contributed by atoms with E-state index in [-0.39, 0.29) is 11.3 Å². The molecule has 3 aromatic rings. The predicted octanol–water partition coefficient (Wildman–Crippen LogP) is 7.16. The van der Waals surface area contributed by atoms with E-state index in [1.54, 1.807) is 0 Å². The molecular weight excluding hydrogens is 512 g/mol. The number of amides is 1. The summed E-state index contributed by atoms with van der Waals surface area (Å²) in [4.78, 5) is 17.6. The standard InChI is InChI=1S/C31H35BrN2O2/c1-3-30(36)16-17-31(19-22-8-5-4-6-9-22)25(20-30)11-7-10-23-18-24(12-13-26(23)31)29(35)34-27-14-15-28(32)33-21(27)2/h4-6,8-9,12-15,18,25,36H,3,7,10-11,16-17,19-20H2,1-2H3,(H,34,35). The Morgan fingerprint density at radius 1 is 1.14 bits per heavy atom. The molecule has 5 rings (SSSR count). The second-order valence-corrected chi connectivity index (χ2v) is 11.6. The number of benzene rings is 2. The van der Waals surface area contributed by atoms with Gasteiger partial charge in [-0.05, 0) is 121 Å². The van der Waals surface area contributed by atoms with Gasteiger partial charge in [0.2, 0.25) is 0 Å². The summed E-state index contributed by atoms with van der Waals surface area (Å²) < 4.78 is 0.753. The summed E-state index contributed by atoms with van der Waals surface area (Å²) in [7, 11) is 0. The lowest BCUT2D eigenvalue weighted by atomic mass is 9.55. The quantitative estimate of drug-likeness (QED) is 0.333. The van der Waals surface area contributed by atoms with Gasteiger partial charge in [0.05, 0.1) is 17.0 Å². The van der Waals surface area contributed by atoms with E-state index in [0.29, 0.717) is 11.5 Å². The molecule has 0 bridgehead atoms. The molecular formula is C31H35BrN2O2. The van der Waals surface area contributed by atoms with Crippen molar-refractivity contribution >= 4 is 27.5 Å². The van der Waals surface area contributed by atoms with Crippen molar-refractivity contribution in [2.24, 2.45) is 5.92 Å². The molecule has 0 saturated heterocycles. The number of nitrogens with one attached hydrogen (secondary N) is 1. The van der Waals surface area contributed by atoms with Crippen LogP contribution in [-0.4, -0.2) is 21.6 Å². The lowest BCUT2D eigenvalue weighted by Crippen LogP contribution is -2.48. The topological polar surface area (TPSA) is 62.2 Å². The fourth-order valence-corrected chi connectivity index (χ4v) is 6.98. The Labute approximate surface area is 222 Å². The molecule has 1 aromatic heterocycles. The first-order chi connectivity index (χ1) is 17.3. The Kier molecular flexibility index (Phi) is 7.06. The molecule has 0 radical (unpaired) electrons. The van der Waals surface area contributed by atoms with Crippen molar-refractivity contribution in [3.05, 3.63) is 93.2 Å². The third kappa shape index (κ3) is 4.88. The highest BCUT2D eigenvalue weighted by molar-refractivity contribution is 9.10. The number of aryl methyl sites for hydroxylation is 2. The summed E-state index contributed by atoms with van der Waals surface area (Å²) in [5, 5.41) is 14.3. The van der Waals surface area contributed by atoms with Gasteiger partial charge in [0, 0.05) is 11.0 Å². The van der Waals surface area contributed by atoms with E-state index in [1.165, 1.54) is 16.7 Å². The minimum atomic E-state index is -0.564. The van der Waals surface area contributed by atoms with Crippen molar-refractivity contribution < 1.29 is 9.90 Å². The van der Waals surface area contributed by atoms with Gasteiger partial charge in [0.15, 0.2) is 0 Å². The highest BCUT2D eigenvalue weighted by Gasteiger charge is 2.50. The van der Waals surface area contributed by atoms with E-state index in [1.807, 2.05) is 25.1 Å². The first kappa shape index (κ1) is 25.2. The molecule has 3 atom stereocenters. The second kappa shape index (κ2) is 10.1. The van der Waals surface area contributed by atoms with Gasteiger partial charge in [0.1, 0.15) is 4.60 Å². The van der Waals surface area contributed by atoms with Crippen LogP contribution in [0.4, 0.5) is 5.69 Å². The molecule has 36 heavy (non-hydrogen) atoms.